The van der Waals surface area contributed by atoms with Crippen molar-refractivity contribution in [1.82, 2.24) is 19.7 Å². The number of pyridine rings is 1. The number of nitrogens with zero attached hydrogens (tertiary/aromatic N) is 4. The van der Waals surface area contributed by atoms with Crippen LogP contribution in [0.15, 0.2) is 24.4 Å². The molecular weight excluding hydrogens is 336 g/mol. The third-order valence-electron chi connectivity index (χ3n) is 5.96. The highest BCUT2D eigenvalue weighted by Gasteiger charge is 2.33. The SMILES string of the molecule is CC(C)(C)CN1CCN(C2CCN(Cc3ccccn3)CC2)C[C@@H]1CCO. The zero-order valence-corrected chi connectivity index (χ0v) is 17.5. The molecule has 3 heterocycles. The van der Waals surface area contributed by atoms with Crippen molar-refractivity contribution in [3.05, 3.63) is 30.1 Å². The van der Waals surface area contributed by atoms with Crippen molar-refractivity contribution in [1.29, 1.82) is 0 Å². The summed E-state index contributed by atoms with van der Waals surface area (Å²) in [5.74, 6) is 0. The van der Waals surface area contributed by atoms with Crippen LogP contribution in [-0.4, -0.2) is 82.7 Å². The number of aliphatic hydroxyl groups is 1. The second kappa shape index (κ2) is 9.46. The number of rotatable bonds is 6. The van der Waals surface area contributed by atoms with E-state index in [9.17, 15) is 5.11 Å². The first kappa shape index (κ1) is 20.7. The fourth-order valence-electron chi connectivity index (χ4n) is 4.65. The van der Waals surface area contributed by atoms with Gasteiger partial charge in [-0.1, -0.05) is 26.8 Å². The van der Waals surface area contributed by atoms with Crippen LogP contribution in [0.25, 0.3) is 0 Å². The summed E-state index contributed by atoms with van der Waals surface area (Å²) in [5, 5.41) is 9.55. The van der Waals surface area contributed by atoms with E-state index in [0.29, 0.717) is 24.1 Å². The van der Waals surface area contributed by atoms with E-state index in [1.165, 1.54) is 25.1 Å². The Morgan fingerprint density at radius 3 is 2.52 bits per heavy atom. The third kappa shape index (κ3) is 6.24. The van der Waals surface area contributed by atoms with Crippen LogP contribution >= 0.6 is 0 Å². The van der Waals surface area contributed by atoms with Crippen LogP contribution in [-0.2, 0) is 6.54 Å². The van der Waals surface area contributed by atoms with Crippen molar-refractivity contribution < 1.29 is 5.11 Å². The molecule has 0 bridgehead atoms. The van der Waals surface area contributed by atoms with Crippen LogP contribution in [0.4, 0.5) is 0 Å². The van der Waals surface area contributed by atoms with E-state index in [4.69, 9.17) is 0 Å². The van der Waals surface area contributed by atoms with Gasteiger partial charge in [0.15, 0.2) is 0 Å². The first-order chi connectivity index (χ1) is 12.9. The summed E-state index contributed by atoms with van der Waals surface area (Å²) >= 11 is 0. The minimum atomic E-state index is 0.293. The molecule has 5 heteroatoms. The topological polar surface area (TPSA) is 42.8 Å². The second-order valence-corrected chi connectivity index (χ2v) is 9.52. The lowest BCUT2D eigenvalue weighted by atomic mass is 9.93. The van der Waals surface area contributed by atoms with E-state index in [2.05, 4.69) is 52.6 Å². The molecule has 0 saturated carbocycles. The molecule has 27 heavy (non-hydrogen) atoms. The van der Waals surface area contributed by atoms with Gasteiger partial charge in [-0.25, -0.2) is 0 Å². The molecule has 0 amide bonds. The molecule has 0 unspecified atom stereocenters. The van der Waals surface area contributed by atoms with E-state index in [1.807, 2.05) is 12.3 Å². The Hall–Kier alpha value is -1.01. The Morgan fingerprint density at radius 1 is 1.11 bits per heavy atom. The molecule has 2 fully saturated rings. The number of aliphatic hydroxyl groups excluding tert-OH is 1. The summed E-state index contributed by atoms with van der Waals surface area (Å²) in [7, 11) is 0. The lowest BCUT2D eigenvalue weighted by Gasteiger charge is -2.48. The normalized spacial score (nSPS) is 24.4. The van der Waals surface area contributed by atoms with Crippen molar-refractivity contribution in [3.63, 3.8) is 0 Å². The highest BCUT2D eigenvalue weighted by atomic mass is 16.3. The number of hydrogen-bond donors (Lipinski definition) is 1. The Balaban J connectivity index is 1.49. The molecule has 0 aromatic carbocycles. The zero-order chi connectivity index (χ0) is 19.3. The van der Waals surface area contributed by atoms with Gasteiger partial charge in [0.05, 0.1) is 5.69 Å². The molecule has 0 aliphatic carbocycles. The quantitative estimate of drug-likeness (QED) is 0.829. The molecule has 5 nitrogen and oxygen atoms in total. The standard InChI is InChI=1S/C22H38N4O/c1-22(2,3)18-26-14-13-25(17-21(26)9-15-27)20-7-11-24(12-8-20)16-19-6-4-5-10-23-19/h4-6,10,20-21,27H,7-9,11-18H2,1-3H3/t21-/m0/s1. The average Bonchev–Trinajstić information content (AvgIpc) is 2.64. The van der Waals surface area contributed by atoms with Crippen LogP contribution in [0.1, 0.15) is 45.7 Å². The molecule has 0 spiro atoms. The van der Waals surface area contributed by atoms with Gasteiger partial charge in [0.2, 0.25) is 0 Å². The largest absolute Gasteiger partial charge is 0.396 e. The molecule has 3 rings (SSSR count). The van der Waals surface area contributed by atoms with Gasteiger partial charge < -0.3 is 5.11 Å². The molecule has 1 aromatic rings. The molecule has 1 N–H and O–H groups in total. The van der Waals surface area contributed by atoms with Gasteiger partial charge in [-0.3, -0.25) is 19.7 Å². The van der Waals surface area contributed by atoms with Crippen molar-refractivity contribution >= 4 is 0 Å². The van der Waals surface area contributed by atoms with Crippen LogP contribution in [0.5, 0.6) is 0 Å². The summed E-state index contributed by atoms with van der Waals surface area (Å²) in [4.78, 5) is 12.3. The maximum Gasteiger partial charge on any atom is 0.0543 e. The summed E-state index contributed by atoms with van der Waals surface area (Å²) in [6.45, 7) is 15.1. The molecule has 2 saturated heterocycles. The van der Waals surface area contributed by atoms with E-state index >= 15 is 0 Å². The van der Waals surface area contributed by atoms with Crippen LogP contribution in [0.2, 0.25) is 0 Å². The van der Waals surface area contributed by atoms with Crippen LogP contribution in [0, 0.1) is 5.41 Å². The number of hydrogen-bond acceptors (Lipinski definition) is 5. The molecule has 0 radical (unpaired) electrons. The lowest BCUT2D eigenvalue weighted by molar-refractivity contribution is 0.00281. The summed E-state index contributed by atoms with van der Waals surface area (Å²) in [6, 6.07) is 7.38. The van der Waals surface area contributed by atoms with E-state index in [1.54, 1.807) is 0 Å². The third-order valence-corrected chi connectivity index (χ3v) is 5.96. The van der Waals surface area contributed by atoms with Gasteiger partial charge in [0.25, 0.3) is 0 Å². The molecule has 2 aliphatic heterocycles. The van der Waals surface area contributed by atoms with Gasteiger partial charge in [0.1, 0.15) is 0 Å². The highest BCUT2D eigenvalue weighted by Crippen LogP contribution is 2.25. The van der Waals surface area contributed by atoms with Gasteiger partial charge in [-0.15, -0.1) is 0 Å². The Bertz CT molecular complexity index is 551. The molecule has 2 aliphatic rings. The highest BCUT2D eigenvalue weighted by molar-refractivity contribution is 5.03. The number of aromatic nitrogens is 1. The van der Waals surface area contributed by atoms with E-state index in [0.717, 1.165) is 45.7 Å². The predicted octanol–water partition coefficient (Wildman–Crippen LogP) is 2.46. The maximum absolute atomic E-state index is 9.55. The predicted molar refractivity (Wildman–Crippen MR) is 111 cm³/mol. The van der Waals surface area contributed by atoms with Crippen molar-refractivity contribution in [2.45, 2.75) is 58.7 Å². The summed E-state index contributed by atoms with van der Waals surface area (Å²) < 4.78 is 0. The fraction of sp³-hybridized carbons (Fsp3) is 0.773. The van der Waals surface area contributed by atoms with Crippen LogP contribution < -0.4 is 0 Å². The first-order valence-corrected chi connectivity index (χ1v) is 10.7. The minimum absolute atomic E-state index is 0.293. The van der Waals surface area contributed by atoms with Crippen molar-refractivity contribution in [3.8, 4) is 0 Å². The second-order valence-electron chi connectivity index (χ2n) is 9.52. The Labute approximate surface area is 165 Å². The first-order valence-electron chi connectivity index (χ1n) is 10.7. The lowest BCUT2D eigenvalue weighted by Crippen LogP contribution is -2.58. The Kier molecular flexibility index (Phi) is 7.26. The fourth-order valence-corrected chi connectivity index (χ4v) is 4.65. The van der Waals surface area contributed by atoms with E-state index < -0.39 is 0 Å². The van der Waals surface area contributed by atoms with Crippen molar-refractivity contribution in [2.24, 2.45) is 5.41 Å². The van der Waals surface area contributed by atoms with Gasteiger partial charge in [-0.05, 0) is 36.8 Å². The average molecular weight is 375 g/mol. The molecule has 152 valence electrons. The van der Waals surface area contributed by atoms with Gasteiger partial charge >= 0.3 is 0 Å². The van der Waals surface area contributed by atoms with Crippen LogP contribution in [0.3, 0.4) is 0 Å². The summed E-state index contributed by atoms with van der Waals surface area (Å²) in [5.41, 5.74) is 1.49. The minimum Gasteiger partial charge on any atom is -0.396 e. The monoisotopic (exact) mass is 374 g/mol. The molecule has 1 atom stereocenters. The maximum atomic E-state index is 9.55. The molecule has 1 aromatic heterocycles. The summed E-state index contributed by atoms with van der Waals surface area (Å²) in [6.07, 6.45) is 5.28. The number of piperazine rings is 1. The Morgan fingerprint density at radius 2 is 1.89 bits per heavy atom. The number of piperidine rings is 1. The smallest absolute Gasteiger partial charge is 0.0543 e. The zero-order valence-electron chi connectivity index (χ0n) is 17.5. The van der Waals surface area contributed by atoms with Gasteiger partial charge in [-0.2, -0.15) is 0 Å². The van der Waals surface area contributed by atoms with Gasteiger partial charge in [0, 0.05) is 70.7 Å². The van der Waals surface area contributed by atoms with Crippen molar-refractivity contribution in [2.75, 3.05) is 45.9 Å². The number of likely N-dealkylation sites (tertiary alicyclic amines) is 1. The van der Waals surface area contributed by atoms with E-state index in [-0.39, 0.29) is 0 Å². The molecular formula is C22H38N4O.